The molecule has 1 aliphatic heterocycles. The van der Waals surface area contributed by atoms with Gasteiger partial charge in [0.05, 0.1) is 29.2 Å². The summed E-state index contributed by atoms with van der Waals surface area (Å²) in [6, 6.07) is 3.25. The third-order valence-electron chi connectivity index (χ3n) is 8.44. The Labute approximate surface area is 239 Å². The molecule has 2 aliphatic carbocycles. The quantitative estimate of drug-likeness (QED) is 0.213. The predicted octanol–water partition coefficient (Wildman–Crippen LogP) is 7.35. The van der Waals surface area contributed by atoms with Gasteiger partial charge in [-0.15, -0.1) is 0 Å². The lowest BCUT2D eigenvalue weighted by atomic mass is 9.78. The van der Waals surface area contributed by atoms with Crippen molar-refractivity contribution in [2.24, 2.45) is 23.2 Å². The Bertz CT molecular complexity index is 1430. The molecule has 0 spiro atoms. The van der Waals surface area contributed by atoms with Gasteiger partial charge >= 0.3 is 11.9 Å². The number of aliphatic hydroxyl groups excluding tert-OH is 1. The van der Waals surface area contributed by atoms with Crippen molar-refractivity contribution in [1.82, 2.24) is 0 Å². The highest BCUT2D eigenvalue weighted by Crippen LogP contribution is 2.54. The van der Waals surface area contributed by atoms with E-state index in [-0.39, 0.29) is 53.0 Å². The van der Waals surface area contributed by atoms with Gasteiger partial charge in [-0.1, -0.05) is 50.3 Å². The summed E-state index contributed by atoms with van der Waals surface area (Å²) >= 11 is 6.76. The molecule has 1 fully saturated rings. The highest BCUT2D eigenvalue weighted by molar-refractivity contribution is 6.32. The SMILES string of the molecule is C=Cc1c(C)c(Cl)c2c(c1OC(=O)[C@@]1(C)C[C@@H]3C=C[C@H]1C3)Oc1ccc([C@@H](O)CC(C)C)c(OC)c1C(=O)OC2. The van der Waals surface area contributed by atoms with E-state index in [0.29, 0.717) is 46.0 Å². The molecule has 8 heteroatoms. The third kappa shape index (κ3) is 4.59. The minimum Gasteiger partial charge on any atom is -0.495 e. The van der Waals surface area contributed by atoms with Gasteiger partial charge in [-0.3, -0.25) is 4.79 Å². The van der Waals surface area contributed by atoms with Gasteiger partial charge in [0.25, 0.3) is 0 Å². The minimum absolute atomic E-state index is 0.0350. The molecule has 1 saturated carbocycles. The smallest absolute Gasteiger partial charge is 0.346 e. The average Bonchev–Trinajstić information content (AvgIpc) is 3.50. The van der Waals surface area contributed by atoms with Crippen LogP contribution in [0.25, 0.3) is 6.08 Å². The Kier molecular flexibility index (Phi) is 7.48. The zero-order chi connectivity index (χ0) is 28.9. The van der Waals surface area contributed by atoms with Crippen molar-refractivity contribution in [1.29, 1.82) is 0 Å². The molecular weight excluding hydrogens is 532 g/mol. The van der Waals surface area contributed by atoms with Crippen LogP contribution in [0.2, 0.25) is 5.02 Å². The number of hydrogen-bond donors (Lipinski definition) is 1. The molecule has 0 saturated heterocycles. The zero-order valence-electron chi connectivity index (χ0n) is 23.5. The van der Waals surface area contributed by atoms with Gasteiger partial charge in [0.2, 0.25) is 0 Å². The topological polar surface area (TPSA) is 91.3 Å². The first-order valence-corrected chi connectivity index (χ1v) is 14.0. The first-order valence-electron chi connectivity index (χ1n) is 13.6. The van der Waals surface area contributed by atoms with Crippen molar-refractivity contribution in [2.75, 3.05) is 7.11 Å². The van der Waals surface area contributed by atoms with Gasteiger partial charge in [0.1, 0.15) is 23.7 Å². The molecule has 1 heterocycles. The maximum absolute atomic E-state index is 13.7. The van der Waals surface area contributed by atoms with Crippen LogP contribution in [0.3, 0.4) is 0 Å². The van der Waals surface area contributed by atoms with E-state index in [1.165, 1.54) is 7.11 Å². The summed E-state index contributed by atoms with van der Waals surface area (Å²) in [5.41, 5.74) is 1.34. The molecule has 1 N–H and O–H groups in total. The molecule has 2 aromatic carbocycles. The molecule has 4 atom stereocenters. The molecule has 7 nitrogen and oxygen atoms in total. The van der Waals surface area contributed by atoms with Crippen LogP contribution in [0.1, 0.15) is 78.7 Å². The number of rotatable bonds is 7. The average molecular weight is 567 g/mol. The number of aliphatic hydroxyl groups is 1. The molecule has 5 rings (SSSR count). The molecule has 0 unspecified atom stereocenters. The highest BCUT2D eigenvalue weighted by atomic mass is 35.5. The Morgan fingerprint density at radius 3 is 2.65 bits per heavy atom. The van der Waals surface area contributed by atoms with E-state index in [2.05, 4.69) is 18.7 Å². The van der Waals surface area contributed by atoms with E-state index >= 15 is 0 Å². The van der Waals surface area contributed by atoms with Crippen molar-refractivity contribution in [3.8, 4) is 23.0 Å². The zero-order valence-corrected chi connectivity index (χ0v) is 24.3. The summed E-state index contributed by atoms with van der Waals surface area (Å²) in [4.78, 5) is 27.0. The van der Waals surface area contributed by atoms with Crippen molar-refractivity contribution in [3.05, 3.63) is 63.7 Å². The van der Waals surface area contributed by atoms with Crippen molar-refractivity contribution < 1.29 is 33.6 Å². The number of carbonyl (C=O) groups is 2. The van der Waals surface area contributed by atoms with E-state index in [4.69, 9.17) is 30.5 Å². The summed E-state index contributed by atoms with van der Waals surface area (Å²) in [5, 5.41) is 11.2. The fraction of sp³-hybridized carbons (Fsp3) is 0.438. The van der Waals surface area contributed by atoms with Crippen LogP contribution in [0.15, 0.2) is 30.9 Å². The van der Waals surface area contributed by atoms with Crippen LogP contribution in [0.4, 0.5) is 0 Å². The van der Waals surface area contributed by atoms with Crippen LogP contribution < -0.4 is 14.2 Å². The Morgan fingerprint density at radius 1 is 1.30 bits per heavy atom. The Hall–Kier alpha value is -3.29. The van der Waals surface area contributed by atoms with Crippen molar-refractivity contribution >= 4 is 29.6 Å². The van der Waals surface area contributed by atoms with E-state index in [0.717, 1.165) is 6.42 Å². The molecule has 0 radical (unpaired) electrons. The predicted molar refractivity (Wildman–Crippen MR) is 152 cm³/mol. The third-order valence-corrected chi connectivity index (χ3v) is 8.95. The maximum atomic E-state index is 13.7. The summed E-state index contributed by atoms with van der Waals surface area (Å²) in [7, 11) is 1.43. The van der Waals surface area contributed by atoms with E-state index in [9.17, 15) is 14.7 Å². The normalized spacial score (nSPS) is 23.4. The fourth-order valence-electron chi connectivity index (χ4n) is 6.23. The first-order chi connectivity index (χ1) is 19.0. The number of carbonyl (C=O) groups excluding carboxylic acids is 2. The van der Waals surface area contributed by atoms with Crippen LogP contribution >= 0.6 is 11.6 Å². The van der Waals surface area contributed by atoms with Gasteiger partial charge in [-0.25, -0.2) is 4.79 Å². The summed E-state index contributed by atoms with van der Waals surface area (Å²) < 4.78 is 23.9. The van der Waals surface area contributed by atoms with Gasteiger partial charge in [-0.05, 0) is 68.6 Å². The molecule has 2 aromatic rings. The summed E-state index contributed by atoms with van der Waals surface area (Å²) in [6.45, 7) is 11.4. The van der Waals surface area contributed by atoms with Crippen LogP contribution in [-0.2, 0) is 16.1 Å². The molecule has 40 heavy (non-hydrogen) atoms. The molecule has 3 aliphatic rings. The summed E-state index contributed by atoms with van der Waals surface area (Å²) in [5.74, 6) is 0.291. The maximum Gasteiger partial charge on any atom is 0.346 e. The van der Waals surface area contributed by atoms with Crippen LogP contribution in [-0.4, -0.2) is 24.2 Å². The number of benzene rings is 2. The number of halogens is 1. The largest absolute Gasteiger partial charge is 0.495 e. The Morgan fingerprint density at radius 2 is 2.05 bits per heavy atom. The number of allylic oxidation sites excluding steroid dienone is 2. The number of esters is 2. The minimum atomic E-state index is -0.858. The van der Waals surface area contributed by atoms with Crippen LogP contribution in [0.5, 0.6) is 23.0 Å². The van der Waals surface area contributed by atoms with Crippen LogP contribution in [0, 0.1) is 30.1 Å². The molecule has 0 aromatic heterocycles. The number of fused-ring (bicyclic) bond motifs is 4. The highest BCUT2D eigenvalue weighted by Gasteiger charge is 2.51. The standard InChI is InChI=1S/C32H35ClO7/c1-7-20-17(4)26(33)22-15-38-30(35)25-24(11-10-21(27(25)37-6)23(34)12-16(2)3)39-29(22)28(20)40-31(36)32(5)14-18-8-9-19(32)13-18/h7-11,16,18-19,23,34H,1,12-15H2,2-6H3/t18-,19+,23+,32+/m1/s1. The van der Waals surface area contributed by atoms with Gasteiger partial charge in [-0.2, -0.15) is 0 Å². The molecular formula is C32H35ClO7. The lowest BCUT2D eigenvalue weighted by molar-refractivity contribution is -0.146. The lowest BCUT2D eigenvalue weighted by Crippen LogP contribution is -2.36. The first kappa shape index (κ1) is 28.2. The molecule has 0 amide bonds. The monoisotopic (exact) mass is 566 g/mol. The van der Waals surface area contributed by atoms with E-state index in [1.54, 1.807) is 25.1 Å². The number of cyclic esters (lactones) is 1. The van der Waals surface area contributed by atoms with Gasteiger partial charge in [0, 0.05) is 11.1 Å². The second-order valence-corrected chi connectivity index (χ2v) is 12.0. The number of ether oxygens (including phenoxy) is 4. The lowest BCUT2D eigenvalue weighted by Gasteiger charge is -2.30. The van der Waals surface area contributed by atoms with Gasteiger partial charge < -0.3 is 24.1 Å². The fourth-order valence-corrected chi connectivity index (χ4v) is 6.47. The van der Waals surface area contributed by atoms with E-state index < -0.39 is 17.5 Å². The molecule has 2 bridgehead atoms. The second kappa shape index (κ2) is 10.6. The summed E-state index contributed by atoms with van der Waals surface area (Å²) in [6.07, 6.45) is 7.11. The molecule has 212 valence electrons. The second-order valence-electron chi connectivity index (χ2n) is 11.6. The van der Waals surface area contributed by atoms with Crippen molar-refractivity contribution in [2.45, 2.75) is 59.7 Å². The van der Waals surface area contributed by atoms with E-state index in [1.807, 2.05) is 20.8 Å². The van der Waals surface area contributed by atoms with Crippen molar-refractivity contribution in [3.63, 3.8) is 0 Å². The number of hydrogen-bond acceptors (Lipinski definition) is 7. The van der Waals surface area contributed by atoms with Gasteiger partial charge in [0.15, 0.2) is 11.5 Å². The number of methoxy groups -OCH3 is 1. The Balaban J connectivity index is 1.64.